The number of carbonyl (C=O) groups is 1. The summed E-state index contributed by atoms with van der Waals surface area (Å²) in [6.45, 7) is 8.88. The Morgan fingerprint density at radius 1 is 1.14 bits per heavy atom. The van der Waals surface area contributed by atoms with Gasteiger partial charge in [0, 0.05) is 24.5 Å². The van der Waals surface area contributed by atoms with Gasteiger partial charge >= 0.3 is 0 Å². The summed E-state index contributed by atoms with van der Waals surface area (Å²) in [4.78, 5) is 12.7. The van der Waals surface area contributed by atoms with E-state index in [2.05, 4.69) is 10.4 Å². The molecule has 9 heteroatoms. The quantitative estimate of drug-likeness (QED) is 0.781. The van der Waals surface area contributed by atoms with Crippen LogP contribution < -0.4 is 5.32 Å². The molecule has 1 fully saturated rings. The zero-order valence-electron chi connectivity index (χ0n) is 17.2. The van der Waals surface area contributed by atoms with E-state index in [0.717, 1.165) is 25.0 Å². The van der Waals surface area contributed by atoms with E-state index < -0.39 is 15.9 Å². The number of piperidine rings is 1. The average molecular weight is 439 g/mol. The molecule has 29 heavy (non-hydrogen) atoms. The molecule has 1 aromatic heterocycles. The lowest BCUT2D eigenvalue weighted by Gasteiger charge is -2.26. The third kappa shape index (κ3) is 4.65. The first kappa shape index (κ1) is 21.8. The van der Waals surface area contributed by atoms with Gasteiger partial charge in [-0.2, -0.15) is 9.40 Å². The van der Waals surface area contributed by atoms with Gasteiger partial charge in [0.05, 0.1) is 10.6 Å². The Morgan fingerprint density at radius 2 is 1.79 bits per heavy atom. The van der Waals surface area contributed by atoms with Crippen molar-refractivity contribution in [1.82, 2.24) is 14.1 Å². The maximum atomic E-state index is 13.0. The van der Waals surface area contributed by atoms with Crippen LogP contribution in [-0.4, -0.2) is 41.5 Å². The van der Waals surface area contributed by atoms with Gasteiger partial charge in [0.15, 0.2) is 5.69 Å². The molecule has 1 amide bonds. The highest BCUT2D eigenvalue weighted by atomic mass is 35.5. The molecule has 7 nitrogen and oxygen atoms in total. The van der Waals surface area contributed by atoms with Crippen LogP contribution in [0, 0.1) is 6.92 Å². The largest absolute Gasteiger partial charge is 0.321 e. The average Bonchev–Trinajstić information content (AvgIpc) is 3.06. The highest BCUT2D eigenvalue weighted by Gasteiger charge is 2.28. The lowest BCUT2D eigenvalue weighted by atomic mass is 10.1. The zero-order chi connectivity index (χ0) is 21.4. The molecule has 3 rings (SSSR count). The van der Waals surface area contributed by atoms with Crippen LogP contribution in [0.15, 0.2) is 29.2 Å². The molecular weight excluding hydrogens is 412 g/mol. The summed E-state index contributed by atoms with van der Waals surface area (Å²) in [5.41, 5.74) is 1.25. The van der Waals surface area contributed by atoms with E-state index in [0.29, 0.717) is 18.8 Å². The van der Waals surface area contributed by atoms with Gasteiger partial charge in [0.25, 0.3) is 5.91 Å². The number of carbonyl (C=O) groups excluding carboxylic acids is 1. The van der Waals surface area contributed by atoms with Crippen LogP contribution in [-0.2, 0) is 15.6 Å². The Labute approximate surface area is 177 Å². The van der Waals surface area contributed by atoms with Crippen molar-refractivity contribution in [1.29, 1.82) is 0 Å². The van der Waals surface area contributed by atoms with Crippen molar-refractivity contribution in [3.8, 4) is 0 Å². The predicted octanol–water partition coefficient (Wildman–Crippen LogP) is 4.03. The second-order valence-corrected chi connectivity index (χ2v) is 10.6. The Hall–Kier alpha value is -1.90. The number of rotatable bonds is 4. The fraction of sp³-hybridized carbons (Fsp3) is 0.500. The Kier molecular flexibility index (Phi) is 6.08. The van der Waals surface area contributed by atoms with Crippen molar-refractivity contribution in [2.45, 2.75) is 57.4 Å². The monoisotopic (exact) mass is 438 g/mol. The van der Waals surface area contributed by atoms with Crippen molar-refractivity contribution >= 4 is 33.2 Å². The summed E-state index contributed by atoms with van der Waals surface area (Å²) in [5.74, 6) is -0.403. The second-order valence-electron chi connectivity index (χ2n) is 8.32. The molecule has 2 aromatic rings. The Balaban J connectivity index is 1.86. The molecule has 0 unspecified atom stereocenters. The first-order valence-electron chi connectivity index (χ1n) is 9.68. The van der Waals surface area contributed by atoms with Gasteiger partial charge in [0.1, 0.15) is 4.90 Å². The molecule has 0 aliphatic carbocycles. The number of halogens is 1. The van der Waals surface area contributed by atoms with E-state index in [9.17, 15) is 13.2 Å². The van der Waals surface area contributed by atoms with E-state index in [4.69, 9.17) is 11.6 Å². The van der Waals surface area contributed by atoms with Gasteiger partial charge in [-0.3, -0.25) is 9.48 Å². The predicted molar refractivity (Wildman–Crippen MR) is 114 cm³/mol. The van der Waals surface area contributed by atoms with E-state index in [1.54, 1.807) is 16.8 Å². The van der Waals surface area contributed by atoms with Crippen LogP contribution in [0.4, 0.5) is 5.69 Å². The number of anilines is 1. The summed E-state index contributed by atoms with van der Waals surface area (Å²) < 4.78 is 29.2. The summed E-state index contributed by atoms with van der Waals surface area (Å²) >= 11 is 6.19. The van der Waals surface area contributed by atoms with E-state index in [-0.39, 0.29) is 21.2 Å². The number of sulfonamides is 1. The molecule has 1 aromatic carbocycles. The molecule has 0 radical (unpaired) electrons. The molecule has 1 aliphatic rings. The SMILES string of the molecule is Cc1cc(C(=O)Nc2ccc(Cl)c(S(=O)(=O)N3CCCCC3)c2)nn1C(C)(C)C. The van der Waals surface area contributed by atoms with Crippen LogP contribution in [0.1, 0.15) is 56.2 Å². The van der Waals surface area contributed by atoms with Gasteiger partial charge in [-0.15, -0.1) is 0 Å². The first-order valence-corrected chi connectivity index (χ1v) is 11.5. The van der Waals surface area contributed by atoms with Crippen LogP contribution >= 0.6 is 11.6 Å². The van der Waals surface area contributed by atoms with E-state index in [1.165, 1.54) is 16.4 Å². The van der Waals surface area contributed by atoms with Crippen molar-refractivity contribution < 1.29 is 13.2 Å². The number of hydrogen-bond acceptors (Lipinski definition) is 4. The molecule has 0 atom stereocenters. The smallest absolute Gasteiger partial charge is 0.276 e. The first-order chi connectivity index (χ1) is 13.5. The van der Waals surface area contributed by atoms with E-state index >= 15 is 0 Å². The number of amides is 1. The van der Waals surface area contributed by atoms with Crippen LogP contribution in [0.5, 0.6) is 0 Å². The number of benzene rings is 1. The molecule has 158 valence electrons. The normalized spacial score (nSPS) is 16.0. The lowest BCUT2D eigenvalue weighted by Crippen LogP contribution is -2.35. The molecule has 0 saturated carbocycles. The van der Waals surface area contributed by atoms with Crippen molar-refractivity contribution in [3.63, 3.8) is 0 Å². The number of hydrogen-bond donors (Lipinski definition) is 1. The standard InChI is InChI=1S/C20H27ClN4O3S/c1-14-12-17(23-25(14)20(2,3)4)19(26)22-15-8-9-16(21)18(13-15)29(27,28)24-10-6-5-7-11-24/h8-9,12-13H,5-7,10-11H2,1-4H3,(H,22,26). The minimum atomic E-state index is -3.71. The Morgan fingerprint density at radius 3 is 2.38 bits per heavy atom. The summed E-state index contributed by atoms with van der Waals surface area (Å²) in [6.07, 6.45) is 2.70. The summed E-state index contributed by atoms with van der Waals surface area (Å²) in [5, 5.41) is 7.27. The van der Waals surface area contributed by atoms with Crippen LogP contribution in [0.3, 0.4) is 0 Å². The number of aryl methyl sites for hydroxylation is 1. The molecule has 2 heterocycles. The fourth-order valence-electron chi connectivity index (χ4n) is 3.48. The Bertz CT molecular complexity index is 1020. The second kappa shape index (κ2) is 8.08. The third-order valence-electron chi connectivity index (χ3n) is 4.88. The van der Waals surface area contributed by atoms with Gasteiger partial charge in [-0.1, -0.05) is 18.0 Å². The van der Waals surface area contributed by atoms with Crippen molar-refractivity contribution in [2.75, 3.05) is 18.4 Å². The number of nitrogens with zero attached hydrogens (tertiary/aromatic N) is 3. The molecule has 1 saturated heterocycles. The highest BCUT2D eigenvalue weighted by molar-refractivity contribution is 7.89. The highest BCUT2D eigenvalue weighted by Crippen LogP contribution is 2.29. The summed E-state index contributed by atoms with van der Waals surface area (Å²) in [7, 11) is -3.71. The zero-order valence-corrected chi connectivity index (χ0v) is 18.8. The van der Waals surface area contributed by atoms with Crippen LogP contribution in [0.2, 0.25) is 5.02 Å². The van der Waals surface area contributed by atoms with Crippen LogP contribution in [0.25, 0.3) is 0 Å². The summed E-state index contributed by atoms with van der Waals surface area (Å²) in [6, 6.07) is 6.20. The molecule has 0 bridgehead atoms. The molecule has 1 N–H and O–H groups in total. The minimum absolute atomic E-state index is 0.00951. The molecular formula is C20H27ClN4O3S. The minimum Gasteiger partial charge on any atom is -0.321 e. The number of nitrogens with one attached hydrogen (secondary N) is 1. The number of aromatic nitrogens is 2. The third-order valence-corrected chi connectivity index (χ3v) is 7.26. The fourth-order valence-corrected chi connectivity index (χ4v) is 5.50. The van der Waals surface area contributed by atoms with Gasteiger partial charge in [-0.05, 0) is 64.8 Å². The van der Waals surface area contributed by atoms with Gasteiger partial charge in [-0.25, -0.2) is 8.42 Å². The van der Waals surface area contributed by atoms with Crippen molar-refractivity contribution in [3.05, 3.63) is 40.7 Å². The van der Waals surface area contributed by atoms with Crippen molar-refractivity contribution in [2.24, 2.45) is 0 Å². The molecule has 0 spiro atoms. The van der Waals surface area contributed by atoms with E-state index in [1.807, 2.05) is 27.7 Å². The maximum Gasteiger partial charge on any atom is 0.276 e. The molecule has 1 aliphatic heterocycles. The maximum absolute atomic E-state index is 13.0. The van der Waals surface area contributed by atoms with Gasteiger partial charge < -0.3 is 5.32 Å². The topological polar surface area (TPSA) is 84.3 Å². The van der Waals surface area contributed by atoms with Gasteiger partial charge in [0.2, 0.25) is 10.0 Å². The lowest BCUT2D eigenvalue weighted by molar-refractivity contribution is 0.102.